The molecule has 2 N–H and O–H groups in total. The molecule has 1 aromatic carbocycles. The summed E-state index contributed by atoms with van der Waals surface area (Å²) in [7, 11) is 3.22. The molecule has 7 heteroatoms. The number of anilines is 1. The van der Waals surface area contributed by atoms with E-state index < -0.39 is 0 Å². The number of nitrogen functional groups attached to an aromatic ring is 1. The number of rotatable bonds is 3. The van der Waals surface area contributed by atoms with Crippen LogP contribution in [0.25, 0.3) is 11.0 Å². The Morgan fingerprint density at radius 3 is 2.45 bits per heavy atom. The summed E-state index contributed by atoms with van der Waals surface area (Å²) < 4.78 is 17.9. The van der Waals surface area contributed by atoms with E-state index in [1.54, 1.807) is 14.2 Å². The second-order valence-corrected chi connectivity index (χ2v) is 4.54. The number of fused-ring (bicyclic) bond motifs is 1. The highest BCUT2D eigenvalue weighted by atomic mass is 16.5. The molecule has 3 rings (SSSR count). The highest BCUT2D eigenvalue weighted by Crippen LogP contribution is 2.33. The van der Waals surface area contributed by atoms with E-state index in [0.29, 0.717) is 30.7 Å². The normalized spacial score (nSPS) is 15.6. The molecule has 0 bridgehead atoms. The van der Waals surface area contributed by atoms with Gasteiger partial charge in [0.15, 0.2) is 11.5 Å². The molecule has 1 saturated heterocycles. The number of hydrogen-bond donors (Lipinski definition) is 1. The largest absolute Gasteiger partial charge is 0.493 e. The van der Waals surface area contributed by atoms with Crippen molar-refractivity contribution in [1.82, 2.24) is 9.66 Å². The van der Waals surface area contributed by atoms with Crippen LogP contribution in [0.4, 0.5) is 5.95 Å². The number of hydrogen-bond acceptors (Lipinski definition) is 6. The van der Waals surface area contributed by atoms with E-state index in [4.69, 9.17) is 19.9 Å². The van der Waals surface area contributed by atoms with Gasteiger partial charge in [-0.2, -0.15) is 0 Å². The van der Waals surface area contributed by atoms with E-state index in [1.807, 2.05) is 16.8 Å². The highest BCUT2D eigenvalue weighted by Gasteiger charge is 2.19. The van der Waals surface area contributed by atoms with Crippen LogP contribution in [0.2, 0.25) is 0 Å². The van der Waals surface area contributed by atoms with Gasteiger partial charge in [-0.3, -0.25) is 0 Å². The van der Waals surface area contributed by atoms with Crippen LogP contribution in [0.3, 0.4) is 0 Å². The first-order valence-corrected chi connectivity index (χ1v) is 6.47. The fourth-order valence-electron chi connectivity index (χ4n) is 2.46. The maximum absolute atomic E-state index is 6.05. The molecule has 2 aromatic rings. The first-order valence-electron chi connectivity index (χ1n) is 6.47. The lowest BCUT2D eigenvalue weighted by atomic mass is 10.2. The van der Waals surface area contributed by atoms with Crippen LogP contribution in [0, 0.1) is 0 Å². The fraction of sp³-hybridized carbons (Fsp3) is 0.462. The third kappa shape index (κ3) is 2.00. The molecule has 0 atom stereocenters. The summed E-state index contributed by atoms with van der Waals surface area (Å²) in [5.41, 5.74) is 7.74. The number of ether oxygens (including phenoxy) is 3. The summed E-state index contributed by atoms with van der Waals surface area (Å²) in [6.45, 7) is 2.94. The summed E-state index contributed by atoms with van der Waals surface area (Å²) >= 11 is 0. The van der Waals surface area contributed by atoms with Crippen LogP contribution in [-0.2, 0) is 4.74 Å². The molecule has 20 heavy (non-hydrogen) atoms. The van der Waals surface area contributed by atoms with Gasteiger partial charge in [0.25, 0.3) is 0 Å². The van der Waals surface area contributed by atoms with Crippen molar-refractivity contribution < 1.29 is 14.2 Å². The molecular formula is C13H18N4O3. The maximum Gasteiger partial charge on any atom is 0.220 e. The van der Waals surface area contributed by atoms with Crippen molar-refractivity contribution in [3.63, 3.8) is 0 Å². The first-order chi connectivity index (χ1) is 9.74. The molecule has 0 unspecified atom stereocenters. The molecule has 1 aliphatic heterocycles. The van der Waals surface area contributed by atoms with E-state index in [9.17, 15) is 0 Å². The second-order valence-electron chi connectivity index (χ2n) is 4.54. The van der Waals surface area contributed by atoms with Crippen molar-refractivity contribution in [2.45, 2.75) is 0 Å². The number of imidazole rings is 1. The Hall–Kier alpha value is -2.15. The Balaban J connectivity index is 2.13. The standard InChI is InChI=1S/C13H18N4O3/c1-18-11-7-9-10(8-12(11)19-2)17(13(14)15-9)16-3-5-20-6-4-16/h7-8H,3-6H2,1-2H3,(H2,14,15). The number of nitrogens with zero attached hydrogens (tertiary/aromatic N) is 3. The van der Waals surface area contributed by atoms with E-state index in [2.05, 4.69) is 9.99 Å². The van der Waals surface area contributed by atoms with Gasteiger partial charge in [-0.1, -0.05) is 0 Å². The number of aromatic nitrogens is 2. The van der Waals surface area contributed by atoms with Gasteiger partial charge in [-0.25, -0.2) is 9.66 Å². The van der Waals surface area contributed by atoms with Crippen LogP contribution in [0.15, 0.2) is 12.1 Å². The summed E-state index contributed by atoms with van der Waals surface area (Å²) in [5.74, 6) is 1.76. The molecule has 2 heterocycles. The van der Waals surface area contributed by atoms with Crippen molar-refractivity contribution in [3.05, 3.63) is 12.1 Å². The molecule has 0 saturated carbocycles. The van der Waals surface area contributed by atoms with Gasteiger partial charge in [0, 0.05) is 12.1 Å². The van der Waals surface area contributed by atoms with Crippen LogP contribution in [0.1, 0.15) is 0 Å². The smallest absolute Gasteiger partial charge is 0.220 e. The van der Waals surface area contributed by atoms with E-state index in [-0.39, 0.29) is 0 Å². The number of nitrogens with two attached hydrogens (primary N) is 1. The van der Waals surface area contributed by atoms with Gasteiger partial charge in [0.05, 0.1) is 51.6 Å². The lowest BCUT2D eigenvalue weighted by molar-refractivity contribution is 0.112. The quantitative estimate of drug-likeness (QED) is 0.886. The van der Waals surface area contributed by atoms with Gasteiger partial charge >= 0.3 is 0 Å². The van der Waals surface area contributed by atoms with Crippen LogP contribution in [0.5, 0.6) is 11.5 Å². The van der Waals surface area contributed by atoms with Crippen LogP contribution < -0.4 is 20.2 Å². The molecule has 0 spiro atoms. The Bertz CT molecular complexity index is 620. The minimum Gasteiger partial charge on any atom is -0.493 e. The molecule has 7 nitrogen and oxygen atoms in total. The Kier molecular flexibility index (Phi) is 3.27. The lowest BCUT2D eigenvalue weighted by Gasteiger charge is -2.30. The summed E-state index contributed by atoms with van der Waals surface area (Å²) in [6.07, 6.45) is 0. The highest BCUT2D eigenvalue weighted by molar-refractivity contribution is 5.82. The van der Waals surface area contributed by atoms with E-state index in [0.717, 1.165) is 24.1 Å². The molecule has 0 aliphatic carbocycles. The van der Waals surface area contributed by atoms with E-state index >= 15 is 0 Å². The minimum atomic E-state index is 0.456. The van der Waals surface area contributed by atoms with Gasteiger partial charge < -0.3 is 25.0 Å². The predicted molar refractivity (Wildman–Crippen MR) is 76.0 cm³/mol. The van der Waals surface area contributed by atoms with Gasteiger partial charge in [0.2, 0.25) is 5.95 Å². The number of morpholine rings is 1. The van der Waals surface area contributed by atoms with Gasteiger partial charge in [-0.15, -0.1) is 0 Å². The Morgan fingerprint density at radius 2 is 1.80 bits per heavy atom. The fourth-order valence-corrected chi connectivity index (χ4v) is 2.46. The Labute approximate surface area is 116 Å². The van der Waals surface area contributed by atoms with Crippen molar-refractivity contribution in [2.75, 3.05) is 51.3 Å². The lowest BCUT2D eigenvalue weighted by Crippen LogP contribution is -2.44. The van der Waals surface area contributed by atoms with Crippen molar-refractivity contribution in [1.29, 1.82) is 0 Å². The summed E-state index contributed by atoms with van der Waals surface area (Å²) in [4.78, 5) is 4.40. The second kappa shape index (κ2) is 5.09. The van der Waals surface area contributed by atoms with Crippen molar-refractivity contribution in [3.8, 4) is 11.5 Å². The number of benzene rings is 1. The van der Waals surface area contributed by atoms with Crippen LogP contribution in [-0.4, -0.2) is 50.2 Å². The number of methoxy groups -OCH3 is 2. The van der Waals surface area contributed by atoms with E-state index in [1.165, 1.54) is 0 Å². The van der Waals surface area contributed by atoms with Crippen molar-refractivity contribution in [2.24, 2.45) is 0 Å². The maximum atomic E-state index is 6.05. The Morgan fingerprint density at radius 1 is 1.15 bits per heavy atom. The average Bonchev–Trinajstić information content (AvgIpc) is 2.81. The van der Waals surface area contributed by atoms with Crippen molar-refractivity contribution >= 4 is 17.0 Å². The van der Waals surface area contributed by atoms with Gasteiger partial charge in [-0.05, 0) is 0 Å². The van der Waals surface area contributed by atoms with Gasteiger partial charge in [0.1, 0.15) is 0 Å². The monoisotopic (exact) mass is 278 g/mol. The minimum absolute atomic E-state index is 0.456. The molecular weight excluding hydrogens is 260 g/mol. The molecule has 108 valence electrons. The predicted octanol–water partition coefficient (Wildman–Crippen LogP) is 0.604. The zero-order valence-electron chi connectivity index (χ0n) is 11.6. The molecule has 1 aromatic heterocycles. The third-order valence-corrected chi connectivity index (χ3v) is 3.43. The average molecular weight is 278 g/mol. The summed E-state index contributed by atoms with van der Waals surface area (Å²) in [5, 5.41) is 2.13. The molecule has 1 fully saturated rings. The van der Waals surface area contributed by atoms with Crippen LogP contribution >= 0.6 is 0 Å². The molecule has 1 aliphatic rings. The molecule has 0 amide bonds. The third-order valence-electron chi connectivity index (χ3n) is 3.43. The zero-order valence-corrected chi connectivity index (χ0v) is 11.6. The summed E-state index contributed by atoms with van der Waals surface area (Å²) in [6, 6.07) is 3.73. The SMILES string of the molecule is COc1cc2nc(N)n(N3CCOCC3)c2cc1OC. The molecule has 0 radical (unpaired) electrons. The topological polar surface area (TPSA) is 74.8 Å². The first kappa shape index (κ1) is 12.9. The zero-order chi connectivity index (χ0) is 14.1.